The molecule has 0 rings (SSSR count). The summed E-state index contributed by atoms with van der Waals surface area (Å²) >= 11 is 0. The average molecular weight is 572 g/mol. The summed E-state index contributed by atoms with van der Waals surface area (Å²) in [6.45, 7) is 6.76. The molecule has 7 heteroatoms. The van der Waals surface area contributed by atoms with Gasteiger partial charge in [-0.2, -0.15) is 0 Å². The topological polar surface area (TPSA) is 73.9 Å². The number of hydrogen-bond donors (Lipinski definition) is 2. The Morgan fingerprint density at radius 3 is 1.19 bits per heavy atom. The molecule has 5 nitrogen and oxygen atoms in total. The van der Waals surface area contributed by atoms with Crippen LogP contribution in [0.4, 0.5) is 0 Å². The summed E-state index contributed by atoms with van der Waals surface area (Å²) in [6.07, 6.45) is 26.6. The maximum atomic E-state index is 8.82. The molecule has 0 bridgehead atoms. The SMILES string of the molecule is CCCCCCCCP(N)(CCCCCCCC)(CCCCCCCC)OCCOCCOCCO.Cl. The normalized spacial score (nSPS) is 12.8. The molecule has 0 aromatic rings. The van der Waals surface area contributed by atoms with Crippen molar-refractivity contribution < 1.29 is 19.1 Å². The molecule has 0 aliphatic heterocycles. The molecule has 0 unspecified atom stereocenters. The Kier molecular flexibility index (Phi) is 30.1. The second-order valence-electron chi connectivity index (χ2n) is 11.0. The van der Waals surface area contributed by atoms with Crippen molar-refractivity contribution >= 4 is 19.4 Å². The van der Waals surface area contributed by atoms with E-state index < -0.39 is 6.98 Å². The van der Waals surface area contributed by atoms with Gasteiger partial charge in [0, 0.05) is 0 Å². The minimum absolute atomic E-state index is 0. The predicted molar refractivity (Wildman–Crippen MR) is 168 cm³/mol. The zero-order valence-corrected chi connectivity index (χ0v) is 26.9. The number of halogens is 1. The van der Waals surface area contributed by atoms with Crippen molar-refractivity contribution in [1.82, 2.24) is 0 Å². The van der Waals surface area contributed by atoms with E-state index in [9.17, 15) is 0 Å². The van der Waals surface area contributed by atoms with E-state index in [0.29, 0.717) is 33.0 Å². The number of unbranched alkanes of at least 4 members (excludes halogenated alkanes) is 15. The summed E-state index contributed by atoms with van der Waals surface area (Å²) in [5.74, 6) is 0. The molecule has 228 valence electrons. The van der Waals surface area contributed by atoms with Crippen LogP contribution in [0.1, 0.15) is 136 Å². The third-order valence-corrected chi connectivity index (χ3v) is 12.5. The van der Waals surface area contributed by atoms with Crippen LogP contribution in [0.3, 0.4) is 0 Å². The zero-order valence-electron chi connectivity index (χ0n) is 25.2. The molecule has 37 heavy (non-hydrogen) atoms. The van der Waals surface area contributed by atoms with Gasteiger partial charge in [0.15, 0.2) is 0 Å². The van der Waals surface area contributed by atoms with Crippen LogP contribution in [0, 0.1) is 0 Å². The first-order valence-corrected chi connectivity index (χ1v) is 18.5. The molecule has 0 aliphatic rings. The first-order chi connectivity index (χ1) is 17.5. The Morgan fingerprint density at radius 2 is 0.811 bits per heavy atom. The van der Waals surface area contributed by atoms with E-state index in [-0.39, 0.29) is 19.0 Å². The molecule has 3 N–H and O–H groups in total. The molecule has 0 spiro atoms. The van der Waals surface area contributed by atoms with Gasteiger partial charge in [0.2, 0.25) is 0 Å². The molecule has 0 aliphatic carbocycles. The van der Waals surface area contributed by atoms with Crippen molar-refractivity contribution in [1.29, 1.82) is 0 Å². The van der Waals surface area contributed by atoms with Gasteiger partial charge >= 0.3 is 226 Å². The van der Waals surface area contributed by atoms with Gasteiger partial charge in [-0.25, -0.2) is 0 Å². The van der Waals surface area contributed by atoms with Gasteiger partial charge in [-0.15, -0.1) is 12.4 Å². The minimum Gasteiger partial charge on any atom is -0.147 e. The van der Waals surface area contributed by atoms with E-state index >= 15 is 0 Å². The average Bonchev–Trinajstić information content (AvgIpc) is 2.88. The second kappa shape index (κ2) is 28.1. The third-order valence-electron chi connectivity index (χ3n) is 7.42. The Morgan fingerprint density at radius 1 is 0.486 bits per heavy atom. The standard InChI is InChI=1S/C30H66NO4P.ClH/c1-4-7-10-13-16-19-28-36(31,29-20-17-14-11-8-5-2,30-21-18-15-12-9-6-3)35-27-26-34-25-24-33-23-22-32;/h32H,4-31H2,1-3H3;1H. The van der Waals surface area contributed by atoms with Crippen molar-refractivity contribution in [3.8, 4) is 0 Å². The number of nitrogens with two attached hydrogens (primary N) is 1. The van der Waals surface area contributed by atoms with Gasteiger partial charge in [0.25, 0.3) is 0 Å². The predicted octanol–water partition coefficient (Wildman–Crippen LogP) is 8.87. The third kappa shape index (κ3) is 24.1. The van der Waals surface area contributed by atoms with E-state index in [0.717, 1.165) is 18.5 Å². The van der Waals surface area contributed by atoms with Gasteiger partial charge in [-0.1, -0.05) is 0 Å². The van der Waals surface area contributed by atoms with Crippen LogP contribution < -0.4 is 5.50 Å². The molecule has 0 saturated carbocycles. The molecule has 0 aromatic carbocycles. The molecule has 0 saturated heterocycles. The van der Waals surface area contributed by atoms with Crippen molar-refractivity contribution in [2.75, 3.05) is 58.1 Å². The number of ether oxygens (including phenoxy) is 2. The van der Waals surface area contributed by atoms with E-state index in [1.54, 1.807) is 0 Å². The fourth-order valence-corrected chi connectivity index (χ4v) is 9.65. The zero-order chi connectivity index (χ0) is 26.7. The summed E-state index contributed by atoms with van der Waals surface area (Å²) in [5.41, 5.74) is 7.53. The van der Waals surface area contributed by atoms with Gasteiger partial charge in [-0.05, 0) is 0 Å². The molecular formula is C30H67ClNO4P. The van der Waals surface area contributed by atoms with Crippen molar-refractivity contribution in [3.63, 3.8) is 0 Å². The molecule has 0 radical (unpaired) electrons. The molecule has 0 fully saturated rings. The quantitative estimate of drug-likeness (QED) is 0.0665. The molecule has 0 aromatic heterocycles. The fourth-order valence-electron chi connectivity index (χ4n) is 5.07. The first-order valence-electron chi connectivity index (χ1n) is 15.8. The molecule has 0 heterocycles. The summed E-state index contributed by atoms with van der Waals surface area (Å²) < 4.78 is 17.9. The van der Waals surface area contributed by atoms with E-state index in [2.05, 4.69) is 20.8 Å². The molecule has 0 amide bonds. The van der Waals surface area contributed by atoms with Crippen LogP contribution in [-0.2, 0) is 14.0 Å². The fraction of sp³-hybridized carbons (Fsp3) is 1.00. The van der Waals surface area contributed by atoms with E-state index in [4.69, 9.17) is 24.6 Å². The van der Waals surface area contributed by atoms with Gasteiger partial charge in [0.05, 0.1) is 0 Å². The van der Waals surface area contributed by atoms with Crippen LogP contribution >= 0.6 is 19.4 Å². The second-order valence-corrected chi connectivity index (χ2v) is 16.0. The van der Waals surface area contributed by atoms with Crippen molar-refractivity contribution in [3.05, 3.63) is 0 Å². The van der Waals surface area contributed by atoms with Gasteiger partial charge in [0.1, 0.15) is 0 Å². The van der Waals surface area contributed by atoms with Crippen LogP contribution in [0.25, 0.3) is 0 Å². The minimum atomic E-state index is -2.72. The number of hydrogen-bond acceptors (Lipinski definition) is 5. The van der Waals surface area contributed by atoms with Crippen molar-refractivity contribution in [2.45, 2.75) is 136 Å². The Bertz CT molecular complexity index is 416. The van der Waals surface area contributed by atoms with Gasteiger partial charge in [-0.3, -0.25) is 0 Å². The maximum absolute atomic E-state index is 8.82. The summed E-state index contributed by atoms with van der Waals surface area (Å²) in [6, 6.07) is 0. The smallest absolute Gasteiger partial charge is 0.147 e. The van der Waals surface area contributed by atoms with E-state index in [1.807, 2.05) is 0 Å². The summed E-state index contributed by atoms with van der Waals surface area (Å²) in [5, 5.41) is 8.82. The largest absolute Gasteiger partial charge is 0.147 e. The van der Waals surface area contributed by atoms with Crippen LogP contribution in [0.5, 0.6) is 0 Å². The van der Waals surface area contributed by atoms with Gasteiger partial charge < -0.3 is 0 Å². The van der Waals surface area contributed by atoms with Crippen LogP contribution in [0.15, 0.2) is 0 Å². The van der Waals surface area contributed by atoms with Crippen molar-refractivity contribution in [2.24, 2.45) is 5.50 Å². The molecular weight excluding hydrogens is 505 g/mol. The van der Waals surface area contributed by atoms with E-state index in [1.165, 1.54) is 116 Å². The number of aliphatic hydroxyl groups is 1. The first kappa shape index (κ1) is 39.7. The summed E-state index contributed by atoms with van der Waals surface area (Å²) in [7, 11) is 0. The maximum Gasteiger partial charge on any atom is -0.147 e. The Labute approximate surface area is 238 Å². The van der Waals surface area contributed by atoms with Crippen LogP contribution in [-0.4, -0.2) is 63.2 Å². The summed E-state index contributed by atoms with van der Waals surface area (Å²) in [4.78, 5) is 0. The Hall–Kier alpha value is 0.520. The molecule has 0 atom stereocenters. The monoisotopic (exact) mass is 571 g/mol. The number of rotatable bonds is 30. The number of aliphatic hydroxyl groups excluding tert-OH is 1. The Balaban J connectivity index is 0. The van der Waals surface area contributed by atoms with Crippen LogP contribution in [0.2, 0.25) is 0 Å².